The van der Waals surface area contributed by atoms with Crippen LogP contribution in [0, 0.1) is 0 Å². The molecule has 0 saturated carbocycles. The van der Waals surface area contributed by atoms with Gasteiger partial charge in [-0.1, -0.05) is 23.7 Å². The molecule has 2 rings (SSSR count). The maximum absolute atomic E-state index is 6.13. The number of aromatic nitrogens is 1. The van der Waals surface area contributed by atoms with Gasteiger partial charge in [-0.3, -0.25) is 4.98 Å². The molecule has 0 fully saturated rings. The van der Waals surface area contributed by atoms with E-state index in [-0.39, 0.29) is 6.04 Å². The normalized spacial score (nSPS) is 12.2. The van der Waals surface area contributed by atoms with E-state index in [1.165, 1.54) is 0 Å². The number of hydrogen-bond donors (Lipinski definition) is 1. The zero-order chi connectivity index (χ0) is 12.3. The number of benzene rings is 1. The number of ether oxygens (including phenoxy) is 1. The monoisotopic (exact) mass is 248 g/mol. The number of hydrogen-bond acceptors (Lipinski definition) is 3. The average Bonchev–Trinajstić information content (AvgIpc) is 2.39. The fraction of sp³-hybridized carbons (Fsp3) is 0.154. The topological polar surface area (TPSA) is 48.1 Å². The first-order valence-electron chi connectivity index (χ1n) is 5.22. The molecule has 4 heteroatoms. The molecule has 0 spiro atoms. The Kier molecular flexibility index (Phi) is 3.61. The van der Waals surface area contributed by atoms with Gasteiger partial charge in [0.1, 0.15) is 5.75 Å². The first-order chi connectivity index (χ1) is 8.22. The van der Waals surface area contributed by atoms with E-state index in [0.717, 1.165) is 11.3 Å². The number of nitrogens with zero attached hydrogens (tertiary/aromatic N) is 1. The van der Waals surface area contributed by atoms with E-state index in [2.05, 4.69) is 4.98 Å². The first kappa shape index (κ1) is 11.9. The zero-order valence-corrected chi connectivity index (χ0v) is 10.2. The molecule has 1 unspecified atom stereocenters. The molecule has 2 N–H and O–H groups in total. The summed E-state index contributed by atoms with van der Waals surface area (Å²) in [6, 6.07) is 10.9. The molecule has 3 nitrogen and oxygen atoms in total. The van der Waals surface area contributed by atoms with Gasteiger partial charge < -0.3 is 10.5 Å². The molecule has 0 aliphatic carbocycles. The van der Waals surface area contributed by atoms with Crippen molar-refractivity contribution in [2.75, 3.05) is 7.11 Å². The molecule has 1 aromatic carbocycles. The van der Waals surface area contributed by atoms with Crippen molar-refractivity contribution < 1.29 is 4.74 Å². The molecular weight excluding hydrogens is 236 g/mol. The summed E-state index contributed by atoms with van der Waals surface area (Å²) in [5.41, 5.74) is 7.87. The summed E-state index contributed by atoms with van der Waals surface area (Å²) < 4.78 is 5.16. The van der Waals surface area contributed by atoms with Crippen LogP contribution in [0.1, 0.15) is 17.3 Å². The Morgan fingerprint density at radius 2 is 2.12 bits per heavy atom. The minimum atomic E-state index is -0.276. The Labute approximate surface area is 105 Å². The summed E-state index contributed by atoms with van der Waals surface area (Å²) in [4.78, 5) is 4.23. The molecule has 1 atom stereocenters. The maximum atomic E-state index is 6.13. The Hall–Kier alpha value is -1.58. The van der Waals surface area contributed by atoms with Crippen LogP contribution in [0.15, 0.2) is 42.6 Å². The van der Waals surface area contributed by atoms with Crippen LogP contribution in [0.25, 0.3) is 0 Å². The average molecular weight is 249 g/mol. The molecule has 88 valence electrons. The molecule has 1 aromatic heterocycles. The fourth-order valence-corrected chi connectivity index (χ4v) is 1.80. The molecule has 0 bridgehead atoms. The Morgan fingerprint density at radius 1 is 1.29 bits per heavy atom. The van der Waals surface area contributed by atoms with Gasteiger partial charge in [0, 0.05) is 6.20 Å². The summed E-state index contributed by atoms with van der Waals surface area (Å²) in [5.74, 6) is 0.621. The van der Waals surface area contributed by atoms with E-state index >= 15 is 0 Å². The van der Waals surface area contributed by atoms with Gasteiger partial charge in [0.15, 0.2) is 0 Å². The van der Waals surface area contributed by atoms with Crippen LogP contribution in [0.4, 0.5) is 0 Å². The van der Waals surface area contributed by atoms with Crippen molar-refractivity contribution in [2.24, 2.45) is 5.73 Å². The van der Waals surface area contributed by atoms with Crippen molar-refractivity contribution in [3.8, 4) is 5.75 Å². The third-order valence-corrected chi connectivity index (χ3v) is 2.85. The standard InChI is InChI=1S/C13H13ClN2O/c1-17-12-8-9(5-6-10(12)14)13(15)11-4-2-3-7-16-11/h2-8,13H,15H2,1H3. The van der Waals surface area contributed by atoms with Gasteiger partial charge in [0.25, 0.3) is 0 Å². The van der Waals surface area contributed by atoms with Crippen molar-refractivity contribution in [3.63, 3.8) is 0 Å². The fourth-order valence-electron chi connectivity index (χ4n) is 1.60. The van der Waals surface area contributed by atoms with E-state index in [0.29, 0.717) is 10.8 Å². The highest BCUT2D eigenvalue weighted by atomic mass is 35.5. The lowest BCUT2D eigenvalue weighted by Gasteiger charge is -2.13. The first-order valence-corrected chi connectivity index (χ1v) is 5.60. The Bertz CT molecular complexity index is 502. The van der Waals surface area contributed by atoms with Crippen molar-refractivity contribution >= 4 is 11.6 Å². The van der Waals surface area contributed by atoms with Gasteiger partial charge in [-0.2, -0.15) is 0 Å². The lowest BCUT2D eigenvalue weighted by molar-refractivity contribution is 0.414. The quantitative estimate of drug-likeness (QED) is 0.909. The van der Waals surface area contributed by atoms with Crippen LogP contribution in [0.2, 0.25) is 5.02 Å². The molecule has 17 heavy (non-hydrogen) atoms. The second-order valence-electron chi connectivity index (χ2n) is 3.63. The lowest BCUT2D eigenvalue weighted by atomic mass is 10.0. The number of nitrogens with two attached hydrogens (primary N) is 1. The summed E-state index contributed by atoms with van der Waals surface area (Å²) >= 11 is 5.97. The third kappa shape index (κ3) is 2.57. The zero-order valence-electron chi connectivity index (χ0n) is 9.43. The van der Waals surface area contributed by atoms with Gasteiger partial charge in [0.05, 0.1) is 23.9 Å². The molecule has 0 saturated heterocycles. The minimum Gasteiger partial charge on any atom is -0.495 e. The van der Waals surface area contributed by atoms with Gasteiger partial charge in [-0.25, -0.2) is 0 Å². The summed E-state index contributed by atoms with van der Waals surface area (Å²) in [6.45, 7) is 0. The predicted octanol–water partition coefficient (Wildman–Crippen LogP) is 2.79. The van der Waals surface area contributed by atoms with Crippen molar-refractivity contribution in [1.82, 2.24) is 4.98 Å². The van der Waals surface area contributed by atoms with Crippen LogP contribution in [-0.2, 0) is 0 Å². The number of halogens is 1. The van der Waals surface area contributed by atoms with E-state index in [1.54, 1.807) is 19.4 Å². The SMILES string of the molecule is COc1cc(C(N)c2ccccn2)ccc1Cl. The van der Waals surface area contributed by atoms with E-state index < -0.39 is 0 Å². The van der Waals surface area contributed by atoms with Crippen LogP contribution < -0.4 is 10.5 Å². The lowest BCUT2D eigenvalue weighted by Crippen LogP contribution is -2.13. The molecule has 2 aromatic rings. The highest BCUT2D eigenvalue weighted by Gasteiger charge is 2.12. The van der Waals surface area contributed by atoms with Gasteiger partial charge in [-0.15, -0.1) is 0 Å². The smallest absolute Gasteiger partial charge is 0.137 e. The summed E-state index contributed by atoms with van der Waals surface area (Å²) in [6.07, 6.45) is 1.72. The van der Waals surface area contributed by atoms with E-state index in [9.17, 15) is 0 Å². The summed E-state index contributed by atoms with van der Waals surface area (Å²) in [5, 5.41) is 0.574. The second kappa shape index (κ2) is 5.17. The number of methoxy groups -OCH3 is 1. The van der Waals surface area contributed by atoms with Crippen molar-refractivity contribution in [1.29, 1.82) is 0 Å². The highest BCUT2D eigenvalue weighted by molar-refractivity contribution is 6.32. The maximum Gasteiger partial charge on any atom is 0.137 e. The molecule has 0 aliphatic rings. The highest BCUT2D eigenvalue weighted by Crippen LogP contribution is 2.28. The van der Waals surface area contributed by atoms with Gasteiger partial charge >= 0.3 is 0 Å². The second-order valence-corrected chi connectivity index (χ2v) is 4.03. The molecule has 1 heterocycles. The van der Waals surface area contributed by atoms with Crippen LogP contribution in [-0.4, -0.2) is 12.1 Å². The molecule has 0 amide bonds. The van der Waals surface area contributed by atoms with Gasteiger partial charge in [-0.05, 0) is 29.8 Å². The number of rotatable bonds is 3. The third-order valence-electron chi connectivity index (χ3n) is 2.54. The van der Waals surface area contributed by atoms with E-state index in [4.69, 9.17) is 22.1 Å². The van der Waals surface area contributed by atoms with Crippen molar-refractivity contribution in [3.05, 3.63) is 58.9 Å². The molecule has 0 radical (unpaired) electrons. The van der Waals surface area contributed by atoms with Crippen LogP contribution in [0.5, 0.6) is 5.75 Å². The van der Waals surface area contributed by atoms with Crippen LogP contribution >= 0.6 is 11.6 Å². The van der Waals surface area contributed by atoms with Crippen LogP contribution in [0.3, 0.4) is 0 Å². The predicted molar refractivity (Wildman–Crippen MR) is 68.3 cm³/mol. The largest absolute Gasteiger partial charge is 0.495 e. The van der Waals surface area contributed by atoms with Crippen molar-refractivity contribution in [2.45, 2.75) is 6.04 Å². The molecule has 0 aliphatic heterocycles. The Balaban J connectivity index is 2.34. The van der Waals surface area contributed by atoms with E-state index in [1.807, 2.05) is 30.3 Å². The minimum absolute atomic E-state index is 0.276. The summed E-state index contributed by atoms with van der Waals surface area (Å²) in [7, 11) is 1.58. The number of pyridine rings is 1. The Morgan fingerprint density at radius 3 is 2.76 bits per heavy atom. The molecular formula is C13H13ClN2O. The van der Waals surface area contributed by atoms with Gasteiger partial charge in [0.2, 0.25) is 0 Å².